The third kappa shape index (κ3) is 3.00. The van der Waals surface area contributed by atoms with Gasteiger partial charge in [-0.1, -0.05) is 97.1 Å². The summed E-state index contributed by atoms with van der Waals surface area (Å²) in [6, 6.07) is 31.1. The molecule has 1 amide bonds. The Hall–Kier alpha value is -2.82. The van der Waals surface area contributed by atoms with E-state index in [9.17, 15) is 4.79 Å². The topological polar surface area (TPSA) is 32.3 Å². The summed E-state index contributed by atoms with van der Waals surface area (Å²) in [4.78, 5) is 14.8. The van der Waals surface area contributed by atoms with Gasteiger partial charge in [-0.05, 0) is 16.7 Å². The van der Waals surface area contributed by atoms with Crippen molar-refractivity contribution in [1.29, 1.82) is 0 Å². The fourth-order valence-corrected chi connectivity index (χ4v) is 5.42. The summed E-state index contributed by atoms with van der Waals surface area (Å²) >= 11 is 1.81. The Morgan fingerprint density at radius 1 is 0.793 bits per heavy atom. The van der Waals surface area contributed by atoms with Gasteiger partial charge in [-0.2, -0.15) is 0 Å². The number of benzene rings is 3. The van der Waals surface area contributed by atoms with Crippen LogP contribution in [0, 0.1) is 0 Å². The number of carbonyl (C=O) groups excluding carboxylic acids is 1. The SMILES string of the molecule is O=C1C(NC(c2ccccc2)(c2ccccc2)c2ccccc2)[C@H]2SCC=CN12. The van der Waals surface area contributed by atoms with E-state index in [4.69, 9.17) is 0 Å². The Morgan fingerprint density at radius 3 is 1.76 bits per heavy atom. The second kappa shape index (κ2) is 7.54. The van der Waals surface area contributed by atoms with Crippen molar-refractivity contribution in [2.75, 3.05) is 5.75 Å². The molecule has 3 aromatic carbocycles. The number of β-lactam (4-membered cyclic amide) rings is 1. The van der Waals surface area contributed by atoms with Crippen molar-refractivity contribution in [3.8, 4) is 0 Å². The molecule has 144 valence electrons. The summed E-state index contributed by atoms with van der Waals surface area (Å²) in [7, 11) is 0. The van der Waals surface area contributed by atoms with E-state index in [0.29, 0.717) is 0 Å². The maximum atomic E-state index is 13.0. The van der Waals surface area contributed by atoms with Gasteiger partial charge in [-0.3, -0.25) is 10.1 Å². The summed E-state index contributed by atoms with van der Waals surface area (Å²) in [5.41, 5.74) is 2.76. The molecule has 29 heavy (non-hydrogen) atoms. The molecule has 4 heteroatoms. The van der Waals surface area contributed by atoms with Crippen molar-refractivity contribution in [2.24, 2.45) is 0 Å². The van der Waals surface area contributed by atoms with Gasteiger partial charge in [0.05, 0.1) is 5.54 Å². The number of nitrogens with one attached hydrogen (secondary N) is 1. The second-order valence-corrected chi connectivity index (χ2v) is 8.47. The number of amides is 1. The minimum Gasteiger partial charge on any atom is -0.303 e. The van der Waals surface area contributed by atoms with Gasteiger partial charge in [0.2, 0.25) is 5.91 Å². The quantitative estimate of drug-likeness (QED) is 0.512. The van der Waals surface area contributed by atoms with Crippen LogP contribution >= 0.6 is 11.8 Å². The first-order chi connectivity index (χ1) is 14.3. The predicted molar refractivity (Wildman–Crippen MR) is 118 cm³/mol. The molecule has 2 heterocycles. The highest BCUT2D eigenvalue weighted by molar-refractivity contribution is 8.00. The Bertz CT molecular complexity index is 924. The lowest BCUT2D eigenvalue weighted by Gasteiger charge is -2.51. The zero-order valence-electron chi connectivity index (χ0n) is 15.9. The van der Waals surface area contributed by atoms with Crippen molar-refractivity contribution in [2.45, 2.75) is 17.0 Å². The number of hydrogen-bond donors (Lipinski definition) is 1. The zero-order chi connectivity index (χ0) is 19.7. The third-order valence-corrected chi connectivity index (χ3v) is 6.93. The number of rotatable bonds is 5. The van der Waals surface area contributed by atoms with E-state index in [1.807, 2.05) is 35.4 Å². The molecule has 2 atom stereocenters. The zero-order valence-corrected chi connectivity index (χ0v) is 16.8. The summed E-state index contributed by atoms with van der Waals surface area (Å²) in [5, 5.41) is 3.95. The minimum atomic E-state index is -0.613. The van der Waals surface area contributed by atoms with Gasteiger partial charge in [-0.15, -0.1) is 11.8 Å². The molecule has 2 aliphatic heterocycles. The van der Waals surface area contributed by atoms with E-state index < -0.39 is 5.54 Å². The molecule has 0 spiro atoms. The number of thioether (sulfide) groups is 1. The first kappa shape index (κ1) is 18.2. The minimum absolute atomic E-state index is 0.128. The van der Waals surface area contributed by atoms with E-state index in [2.05, 4.69) is 78.1 Å². The molecule has 0 aliphatic carbocycles. The summed E-state index contributed by atoms with van der Waals surface area (Å²) < 4.78 is 0. The van der Waals surface area contributed by atoms with Crippen molar-refractivity contribution in [3.05, 3.63) is 120 Å². The monoisotopic (exact) mass is 398 g/mol. The van der Waals surface area contributed by atoms with Crippen molar-refractivity contribution < 1.29 is 4.79 Å². The predicted octanol–water partition coefficient (Wildman–Crippen LogP) is 4.37. The highest BCUT2D eigenvalue weighted by atomic mass is 32.2. The van der Waals surface area contributed by atoms with Gasteiger partial charge in [-0.25, -0.2) is 0 Å². The number of carbonyl (C=O) groups is 1. The van der Waals surface area contributed by atoms with Crippen LogP contribution in [0.3, 0.4) is 0 Å². The maximum Gasteiger partial charge on any atom is 0.247 e. The molecule has 1 saturated heterocycles. The van der Waals surface area contributed by atoms with Gasteiger partial charge < -0.3 is 4.90 Å². The van der Waals surface area contributed by atoms with Crippen LogP contribution in [0.4, 0.5) is 0 Å². The van der Waals surface area contributed by atoms with Crippen LogP contribution in [0.1, 0.15) is 16.7 Å². The van der Waals surface area contributed by atoms with Crippen LogP contribution in [0.15, 0.2) is 103 Å². The van der Waals surface area contributed by atoms with Crippen molar-refractivity contribution in [3.63, 3.8) is 0 Å². The fourth-order valence-electron chi connectivity index (χ4n) is 4.31. The molecule has 0 aromatic heterocycles. The van der Waals surface area contributed by atoms with Gasteiger partial charge in [0.25, 0.3) is 0 Å². The fraction of sp³-hybridized carbons (Fsp3) is 0.160. The number of fused-ring (bicyclic) bond motifs is 1. The van der Waals surface area contributed by atoms with Crippen molar-refractivity contribution >= 4 is 17.7 Å². The molecule has 3 nitrogen and oxygen atoms in total. The standard InChI is InChI=1S/C25H22N2OS/c28-23-22(24-27(23)17-10-18-29-24)26-25(19-11-4-1-5-12-19,20-13-6-2-7-14-20)21-15-8-3-9-16-21/h1-17,22,24,26H,18H2/t22?,24-/m1/s1. The summed E-state index contributed by atoms with van der Waals surface area (Å²) in [5.74, 6) is 1.06. The highest BCUT2D eigenvalue weighted by Crippen LogP contribution is 2.41. The molecule has 0 saturated carbocycles. The van der Waals surface area contributed by atoms with Crippen LogP contribution in [0.25, 0.3) is 0 Å². The van der Waals surface area contributed by atoms with Crippen molar-refractivity contribution in [1.82, 2.24) is 10.2 Å². The Balaban J connectivity index is 1.68. The van der Waals surface area contributed by atoms with E-state index in [1.165, 1.54) is 0 Å². The van der Waals surface area contributed by atoms with Gasteiger partial charge in [0.1, 0.15) is 11.4 Å². The molecule has 2 aliphatic rings. The van der Waals surface area contributed by atoms with Crippen LogP contribution in [-0.2, 0) is 10.3 Å². The molecule has 1 fully saturated rings. The molecule has 5 rings (SSSR count). The van der Waals surface area contributed by atoms with E-state index >= 15 is 0 Å². The number of nitrogens with zero attached hydrogens (tertiary/aromatic N) is 1. The average Bonchev–Trinajstić information content (AvgIpc) is 2.81. The Kier molecular flexibility index (Phi) is 4.74. The Morgan fingerprint density at radius 2 is 1.28 bits per heavy atom. The normalized spacial score (nSPS) is 20.8. The maximum absolute atomic E-state index is 13.0. The molecular weight excluding hydrogens is 376 g/mol. The van der Waals surface area contributed by atoms with Crippen LogP contribution in [-0.4, -0.2) is 28.0 Å². The molecule has 3 aromatic rings. The molecular formula is C25H22N2OS. The first-order valence-electron chi connectivity index (χ1n) is 9.85. The molecule has 1 unspecified atom stereocenters. The van der Waals surface area contributed by atoms with E-state index in [0.717, 1.165) is 22.4 Å². The smallest absolute Gasteiger partial charge is 0.247 e. The average molecular weight is 399 g/mol. The molecule has 0 radical (unpaired) electrons. The highest BCUT2D eigenvalue weighted by Gasteiger charge is 2.52. The lowest BCUT2D eigenvalue weighted by molar-refractivity contribution is -0.142. The second-order valence-electron chi connectivity index (χ2n) is 7.32. The van der Waals surface area contributed by atoms with Gasteiger partial charge in [0, 0.05) is 12.0 Å². The summed E-state index contributed by atoms with van der Waals surface area (Å²) in [6.45, 7) is 0. The number of hydrogen-bond acceptors (Lipinski definition) is 3. The Labute approximate surface area is 175 Å². The van der Waals surface area contributed by atoms with E-state index in [-0.39, 0.29) is 17.3 Å². The first-order valence-corrected chi connectivity index (χ1v) is 10.9. The third-order valence-electron chi connectivity index (χ3n) is 5.70. The van der Waals surface area contributed by atoms with Crippen LogP contribution in [0.2, 0.25) is 0 Å². The molecule has 1 N–H and O–H groups in total. The van der Waals surface area contributed by atoms with Gasteiger partial charge in [0.15, 0.2) is 0 Å². The van der Waals surface area contributed by atoms with Crippen LogP contribution < -0.4 is 5.32 Å². The van der Waals surface area contributed by atoms with E-state index in [1.54, 1.807) is 11.8 Å². The molecule has 0 bridgehead atoms. The summed E-state index contributed by atoms with van der Waals surface area (Å²) in [6.07, 6.45) is 3.98. The lowest BCUT2D eigenvalue weighted by Crippen LogP contribution is -2.70. The lowest BCUT2D eigenvalue weighted by atomic mass is 9.76. The largest absolute Gasteiger partial charge is 0.303 e. The van der Waals surface area contributed by atoms with Gasteiger partial charge >= 0.3 is 0 Å². The van der Waals surface area contributed by atoms with Crippen LogP contribution in [0.5, 0.6) is 0 Å².